The number of carbonyl (C=O) groups excluding carboxylic acids is 1. The second-order valence-electron chi connectivity index (χ2n) is 5.46. The third-order valence-corrected chi connectivity index (χ3v) is 4.41. The number of halogens is 3. The lowest BCUT2D eigenvalue weighted by Crippen LogP contribution is -2.34. The van der Waals surface area contributed by atoms with E-state index in [0.717, 1.165) is 18.4 Å². The van der Waals surface area contributed by atoms with Crippen molar-refractivity contribution in [2.45, 2.75) is 18.9 Å². The van der Waals surface area contributed by atoms with Crippen molar-refractivity contribution < 1.29 is 13.6 Å². The van der Waals surface area contributed by atoms with Crippen LogP contribution < -0.4 is 5.32 Å². The molecule has 1 atom stereocenters. The number of rotatable bonds is 2. The van der Waals surface area contributed by atoms with Crippen LogP contribution in [0.5, 0.6) is 0 Å². The molecule has 0 aromatic heterocycles. The van der Waals surface area contributed by atoms with Crippen molar-refractivity contribution >= 4 is 27.6 Å². The zero-order valence-electron chi connectivity index (χ0n) is 12.2. The zero-order valence-corrected chi connectivity index (χ0v) is 13.8. The molecule has 1 fully saturated rings. The van der Waals surface area contributed by atoms with Gasteiger partial charge in [-0.3, -0.25) is 0 Å². The largest absolute Gasteiger partial charge is 0.322 e. The number of likely N-dealkylation sites (tertiary alicyclic amines) is 1. The smallest absolute Gasteiger partial charge is 0.317 e. The minimum atomic E-state index is -0.505. The molecule has 6 heteroatoms. The van der Waals surface area contributed by atoms with E-state index in [9.17, 15) is 13.6 Å². The standard InChI is InChI=1S/C17H15BrF2N2O/c18-12-6-7-15(14(20)10-12)21-17(23)22-8-2-5-16(22)11-3-1-4-13(19)9-11/h1,3-4,6-7,9-10,16H,2,5,8H2,(H,21,23)/t16-/m1/s1. The summed E-state index contributed by atoms with van der Waals surface area (Å²) in [7, 11) is 0. The second-order valence-corrected chi connectivity index (χ2v) is 6.38. The summed E-state index contributed by atoms with van der Waals surface area (Å²) >= 11 is 3.18. The summed E-state index contributed by atoms with van der Waals surface area (Å²) in [6, 6.07) is 10.1. The maximum atomic E-state index is 13.9. The topological polar surface area (TPSA) is 32.3 Å². The van der Waals surface area contributed by atoms with Crippen LogP contribution >= 0.6 is 15.9 Å². The molecule has 1 N–H and O–H groups in total. The molecular weight excluding hydrogens is 366 g/mol. The van der Waals surface area contributed by atoms with Crippen molar-refractivity contribution in [2.24, 2.45) is 0 Å². The summed E-state index contributed by atoms with van der Waals surface area (Å²) in [6.07, 6.45) is 1.59. The summed E-state index contributed by atoms with van der Waals surface area (Å²) in [5.41, 5.74) is 0.886. The van der Waals surface area contributed by atoms with Crippen LogP contribution in [-0.2, 0) is 0 Å². The van der Waals surface area contributed by atoms with Gasteiger partial charge in [0.15, 0.2) is 0 Å². The molecule has 0 saturated carbocycles. The Labute approximate surface area is 141 Å². The van der Waals surface area contributed by atoms with Gasteiger partial charge in [-0.25, -0.2) is 13.6 Å². The number of nitrogens with one attached hydrogen (secondary N) is 1. The Balaban J connectivity index is 1.78. The Hall–Kier alpha value is -1.95. The van der Waals surface area contributed by atoms with E-state index in [1.165, 1.54) is 24.3 Å². The van der Waals surface area contributed by atoms with Crippen molar-refractivity contribution in [1.82, 2.24) is 4.90 Å². The first-order valence-corrected chi connectivity index (χ1v) is 8.12. The number of amides is 2. The molecule has 1 aliphatic rings. The molecule has 1 saturated heterocycles. The lowest BCUT2D eigenvalue weighted by atomic mass is 10.0. The molecule has 0 unspecified atom stereocenters. The van der Waals surface area contributed by atoms with Crippen molar-refractivity contribution in [2.75, 3.05) is 11.9 Å². The van der Waals surface area contributed by atoms with Gasteiger partial charge in [-0.15, -0.1) is 0 Å². The van der Waals surface area contributed by atoms with Crippen LogP contribution in [0, 0.1) is 11.6 Å². The number of hydrogen-bond acceptors (Lipinski definition) is 1. The van der Waals surface area contributed by atoms with Crippen molar-refractivity contribution in [1.29, 1.82) is 0 Å². The van der Waals surface area contributed by atoms with Gasteiger partial charge in [0, 0.05) is 11.0 Å². The lowest BCUT2D eigenvalue weighted by molar-refractivity contribution is 0.207. The van der Waals surface area contributed by atoms with Crippen molar-refractivity contribution in [3.8, 4) is 0 Å². The second kappa shape index (κ2) is 6.66. The Morgan fingerprint density at radius 2 is 2.04 bits per heavy atom. The monoisotopic (exact) mass is 380 g/mol. The quantitative estimate of drug-likeness (QED) is 0.772. The van der Waals surface area contributed by atoms with Crippen molar-refractivity contribution in [3.63, 3.8) is 0 Å². The normalized spacial score (nSPS) is 17.3. The van der Waals surface area contributed by atoms with Crippen LogP contribution in [0.25, 0.3) is 0 Å². The summed E-state index contributed by atoms with van der Waals surface area (Å²) in [6.45, 7) is 0.561. The van der Waals surface area contributed by atoms with Crippen LogP contribution in [-0.4, -0.2) is 17.5 Å². The fraction of sp³-hybridized carbons (Fsp3) is 0.235. The van der Waals surface area contributed by atoms with E-state index in [2.05, 4.69) is 21.2 Å². The average molecular weight is 381 g/mol. The highest BCUT2D eigenvalue weighted by atomic mass is 79.9. The van der Waals surface area contributed by atoms with Gasteiger partial charge in [0.1, 0.15) is 11.6 Å². The van der Waals surface area contributed by atoms with E-state index in [-0.39, 0.29) is 23.6 Å². The average Bonchev–Trinajstić information content (AvgIpc) is 2.99. The first kappa shape index (κ1) is 15.9. The Morgan fingerprint density at radius 3 is 2.78 bits per heavy atom. The number of urea groups is 1. The molecule has 3 nitrogen and oxygen atoms in total. The van der Waals surface area contributed by atoms with Crippen LogP contribution in [0.4, 0.5) is 19.3 Å². The van der Waals surface area contributed by atoms with E-state index in [1.54, 1.807) is 23.1 Å². The van der Waals surface area contributed by atoms with E-state index in [4.69, 9.17) is 0 Å². The fourth-order valence-electron chi connectivity index (χ4n) is 2.85. The molecular formula is C17H15BrF2N2O. The minimum Gasteiger partial charge on any atom is -0.317 e. The number of anilines is 1. The Morgan fingerprint density at radius 1 is 1.22 bits per heavy atom. The van der Waals surface area contributed by atoms with Gasteiger partial charge in [0.25, 0.3) is 0 Å². The third kappa shape index (κ3) is 3.52. The number of benzene rings is 2. The molecule has 23 heavy (non-hydrogen) atoms. The van der Waals surface area contributed by atoms with Crippen molar-refractivity contribution in [3.05, 3.63) is 64.1 Å². The summed E-state index contributed by atoms with van der Waals surface area (Å²) in [4.78, 5) is 14.1. The fourth-order valence-corrected chi connectivity index (χ4v) is 3.18. The summed E-state index contributed by atoms with van der Waals surface area (Å²) in [5.74, 6) is -0.831. The van der Waals surface area contributed by atoms with E-state index in [0.29, 0.717) is 11.0 Å². The maximum absolute atomic E-state index is 13.9. The van der Waals surface area contributed by atoms with Gasteiger partial charge >= 0.3 is 6.03 Å². The van der Waals surface area contributed by atoms with Crippen LogP contribution in [0.15, 0.2) is 46.9 Å². The van der Waals surface area contributed by atoms with Gasteiger partial charge in [0.05, 0.1) is 11.7 Å². The highest BCUT2D eigenvalue weighted by Crippen LogP contribution is 2.33. The molecule has 1 aliphatic heterocycles. The van der Waals surface area contributed by atoms with Gasteiger partial charge in [-0.05, 0) is 48.7 Å². The van der Waals surface area contributed by atoms with Gasteiger partial charge in [-0.2, -0.15) is 0 Å². The molecule has 3 rings (SSSR count). The molecule has 0 bridgehead atoms. The van der Waals surface area contributed by atoms with Crippen LogP contribution in [0.1, 0.15) is 24.4 Å². The minimum absolute atomic E-state index is 0.128. The predicted molar refractivity (Wildman–Crippen MR) is 88.2 cm³/mol. The number of carbonyl (C=O) groups is 1. The molecule has 120 valence electrons. The van der Waals surface area contributed by atoms with Gasteiger partial charge < -0.3 is 10.2 Å². The Kier molecular flexibility index (Phi) is 4.61. The highest BCUT2D eigenvalue weighted by Gasteiger charge is 2.30. The molecule has 0 aliphatic carbocycles. The van der Waals surface area contributed by atoms with Gasteiger partial charge in [0.2, 0.25) is 0 Å². The predicted octanol–water partition coefficient (Wildman–Crippen LogP) is 5.10. The summed E-state index contributed by atoms with van der Waals surface area (Å²) < 4.78 is 27.9. The number of nitrogens with zero attached hydrogens (tertiary/aromatic N) is 1. The van der Waals surface area contributed by atoms with E-state index in [1.807, 2.05) is 0 Å². The van der Waals surface area contributed by atoms with Crippen LogP contribution in [0.2, 0.25) is 0 Å². The van der Waals surface area contributed by atoms with Crippen LogP contribution in [0.3, 0.4) is 0 Å². The summed E-state index contributed by atoms with van der Waals surface area (Å²) in [5, 5.41) is 2.59. The SMILES string of the molecule is O=C(Nc1ccc(Br)cc1F)N1CCC[C@@H]1c1cccc(F)c1. The maximum Gasteiger partial charge on any atom is 0.322 e. The Bertz CT molecular complexity index is 738. The number of hydrogen-bond donors (Lipinski definition) is 1. The molecule has 0 radical (unpaired) electrons. The van der Waals surface area contributed by atoms with E-state index >= 15 is 0 Å². The molecule has 0 spiro atoms. The lowest BCUT2D eigenvalue weighted by Gasteiger charge is -2.25. The molecule has 1 heterocycles. The first-order chi connectivity index (χ1) is 11.0. The zero-order chi connectivity index (χ0) is 16.4. The highest BCUT2D eigenvalue weighted by molar-refractivity contribution is 9.10. The third-order valence-electron chi connectivity index (χ3n) is 3.92. The molecule has 2 aromatic rings. The molecule has 2 aromatic carbocycles. The van der Waals surface area contributed by atoms with Gasteiger partial charge in [-0.1, -0.05) is 28.1 Å². The van der Waals surface area contributed by atoms with E-state index < -0.39 is 5.82 Å². The molecule has 2 amide bonds. The first-order valence-electron chi connectivity index (χ1n) is 7.33.